The molecule has 0 heterocycles. The predicted octanol–water partition coefficient (Wildman–Crippen LogP) is 4.03. The molecule has 19 heavy (non-hydrogen) atoms. The summed E-state index contributed by atoms with van der Waals surface area (Å²) in [4.78, 5) is 11.8. The number of hydrogen-bond donors (Lipinski definition) is 0. The van der Waals surface area contributed by atoms with E-state index in [-0.39, 0.29) is 11.4 Å². The molecule has 0 amide bonds. The van der Waals surface area contributed by atoms with Crippen molar-refractivity contribution in [1.82, 2.24) is 0 Å². The van der Waals surface area contributed by atoms with Crippen LogP contribution in [0.2, 0.25) is 0 Å². The maximum Gasteiger partial charge on any atom is 0.311 e. The van der Waals surface area contributed by atoms with Crippen molar-refractivity contribution < 1.29 is 9.53 Å². The van der Waals surface area contributed by atoms with Gasteiger partial charge in [0.05, 0.1) is 12.5 Å². The van der Waals surface area contributed by atoms with Crippen molar-refractivity contribution in [1.29, 1.82) is 0 Å². The molecule has 0 saturated carbocycles. The highest BCUT2D eigenvalue weighted by molar-refractivity contribution is 5.76. The molecule has 0 unspecified atom stereocenters. The van der Waals surface area contributed by atoms with Gasteiger partial charge in [0, 0.05) is 0 Å². The van der Waals surface area contributed by atoms with Crippen molar-refractivity contribution in [2.45, 2.75) is 53.4 Å². The Morgan fingerprint density at radius 2 is 1.74 bits per heavy atom. The molecule has 0 aliphatic heterocycles. The average molecular weight is 262 g/mol. The molecule has 2 heteroatoms. The van der Waals surface area contributed by atoms with E-state index in [1.165, 1.54) is 23.8 Å². The van der Waals surface area contributed by atoms with E-state index in [0.717, 1.165) is 0 Å². The van der Waals surface area contributed by atoms with E-state index in [1.54, 1.807) is 0 Å². The van der Waals surface area contributed by atoms with E-state index in [0.29, 0.717) is 6.42 Å². The summed E-state index contributed by atoms with van der Waals surface area (Å²) in [6.45, 7) is 12.6. The summed E-state index contributed by atoms with van der Waals surface area (Å²) in [5.41, 5.74) is 3.38. The van der Waals surface area contributed by atoms with Gasteiger partial charge in [0.2, 0.25) is 0 Å². The third-order valence-electron chi connectivity index (χ3n) is 3.59. The second-order valence-corrected chi connectivity index (χ2v) is 6.94. The highest BCUT2D eigenvalue weighted by Gasteiger charge is 2.29. The third-order valence-corrected chi connectivity index (χ3v) is 3.59. The molecule has 0 radical (unpaired) electrons. The zero-order chi connectivity index (χ0) is 14.8. The molecule has 0 atom stereocenters. The summed E-state index contributed by atoms with van der Waals surface area (Å²) >= 11 is 0. The van der Waals surface area contributed by atoms with E-state index < -0.39 is 5.41 Å². The Labute approximate surface area is 117 Å². The van der Waals surface area contributed by atoms with Crippen LogP contribution in [0.1, 0.15) is 51.3 Å². The standard InChI is InChI=1S/C17H26O2/c1-12-8-9-14(16(2,3)4)10-13(12)11-17(5,6)15(18)19-7/h8-10H,11H2,1-7H3. The van der Waals surface area contributed by atoms with Gasteiger partial charge in [0.25, 0.3) is 0 Å². The zero-order valence-electron chi connectivity index (χ0n) is 13.3. The minimum atomic E-state index is -0.490. The lowest BCUT2D eigenvalue weighted by atomic mass is 9.80. The fourth-order valence-electron chi connectivity index (χ4n) is 2.15. The van der Waals surface area contributed by atoms with Crippen molar-refractivity contribution >= 4 is 5.97 Å². The number of methoxy groups -OCH3 is 1. The summed E-state index contributed by atoms with van der Waals surface area (Å²) in [6.07, 6.45) is 0.704. The lowest BCUT2D eigenvalue weighted by Crippen LogP contribution is -2.28. The Balaban J connectivity index is 3.11. The normalized spacial score (nSPS) is 12.4. The molecular formula is C17H26O2. The molecule has 0 fully saturated rings. The highest BCUT2D eigenvalue weighted by Crippen LogP contribution is 2.29. The molecule has 0 saturated heterocycles. The molecule has 0 bridgehead atoms. The first-order chi connectivity index (χ1) is 8.58. The molecule has 0 spiro atoms. The Kier molecular flexibility index (Phi) is 4.44. The van der Waals surface area contributed by atoms with Crippen LogP contribution in [-0.2, 0) is 21.4 Å². The third kappa shape index (κ3) is 3.82. The topological polar surface area (TPSA) is 26.3 Å². The number of ether oxygens (including phenoxy) is 1. The van der Waals surface area contributed by atoms with Gasteiger partial charge in [-0.2, -0.15) is 0 Å². The van der Waals surface area contributed by atoms with Crippen molar-refractivity contribution in [3.63, 3.8) is 0 Å². The maximum absolute atomic E-state index is 11.8. The quantitative estimate of drug-likeness (QED) is 0.769. The van der Waals surface area contributed by atoms with Gasteiger partial charge in [-0.25, -0.2) is 0 Å². The largest absolute Gasteiger partial charge is 0.469 e. The zero-order valence-corrected chi connectivity index (χ0v) is 13.3. The Morgan fingerprint density at radius 1 is 1.16 bits per heavy atom. The van der Waals surface area contributed by atoms with Crippen LogP contribution in [0.5, 0.6) is 0 Å². The number of aryl methyl sites for hydroxylation is 1. The molecule has 2 nitrogen and oxygen atoms in total. The minimum Gasteiger partial charge on any atom is -0.469 e. The summed E-state index contributed by atoms with van der Waals surface area (Å²) in [6, 6.07) is 6.53. The van der Waals surface area contributed by atoms with E-state index in [1.807, 2.05) is 13.8 Å². The first-order valence-corrected chi connectivity index (χ1v) is 6.76. The monoisotopic (exact) mass is 262 g/mol. The molecule has 0 aromatic heterocycles. The van der Waals surface area contributed by atoms with Crippen molar-refractivity contribution in [3.05, 3.63) is 34.9 Å². The van der Waals surface area contributed by atoms with Crippen LogP contribution in [0.25, 0.3) is 0 Å². The van der Waals surface area contributed by atoms with Crippen LogP contribution in [0.15, 0.2) is 18.2 Å². The average Bonchev–Trinajstić information content (AvgIpc) is 2.29. The summed E-state index contributed by atoms with van der Waals surface area (Å²) in [7, 11) is 1.45. The minimum absolute atomic E-state index is 0.123. The van der Waals surface area contributed by atoms with Crippen LogP contribution in [0.4, 0.5) is 0 Å². The second-order valence-electron chi connectivity index (χ2n) is 6.94. The molecule has 1 rings (SSSR count). The first-order valence-electron chi connectivity index (χ1n) is 6.76. The molecular weight excluding hydrogens is 236 g/mol. The van der Waals surface area contributed by atoms with Crippen LogP contribution in [-0.4, -0.2) is 13.1 Å². The second kappa shape index (κ2) is 5.36. The number of benzene rings is 1. The smallest absolute Gasteiger partial charge is 0.311 e. The van der Waals surface area contributed by atoms with E-state index in [4.69, 9.17) is 4.74 Å². The van der Waals surface area contributed by atoms with Crippen LogP contribution < -0.4 is 0 Å². The lowest BCUT2D eigenvalue weighted by molar-refractivity contribution is -0.150. The lowest BCUT2D eigenvalue weighted by Gasteiger charge is -2.25. The fraction of sp³-hybridized carbons (Fsp3) is 0.588. The summed E-state index contributed by atoms with van der Waals surface area (Å²) in [5, 5.41) is 0. The number of esters is 1. The summed E-state index contributed by atoms with van der Waals surface area (Å²) in [5.74, 6) is -0.159. The van der Waals surface area contributed by atoms with Crippen molar-refractivity contribution in [2.24, 2.45) is 5.41 Å². The first kappa shape index (κ1) is 15.7. The Hall–Kier alpha value is -1.31. The van der Waals surface area contributed by atoms with Gasteiger partial charge in [-0.1, -0.05) is 39.0 Å². The summed E-state index contributed by atoms with van der Waals surface area (Å²) < 4.78 is 4.89. The molecule has 0 aliphatic rings. The molecule has 106 valence electrons. The van der Waals surface area contributed by atoms with E-state index >= 15 is 0 Å². The van der Waals surface area contributed by atoms with Crippen molar-refractivity contribution in [2.75, 3.05) is 7.11 Å². The number of hydrogen-bond acceptors (Lipinski definition) is 2. The Morgan fingerprint density at radius 3 is 2.21 bits per heavy atom. The van der Waals surface area contributed by atoms with Crippen LogP contribution >= 0.6 is 0 Å². The SMILES string of the molecule is COC(=O)C(C)(C)Cc1cc(C(C)(C)C)ccc1C. The molecule has 0 aliphatic carbocycles. The number of rotatable bonds is 3. The van der Waals surface area contributed by atoms with Gasteiger partial charge in [-0.15, -0.1) is 0 Å². The fourth-order valence-corrected chi connectivity index (χ4v) is 2.15. The number of carbonyl (C=O) groups is 1. The van der Waals surface area contributed by atoms with Crippen LogP contribution in [0, 0.1) is 12.3 Å². The van der Waals surface area contributed by atoms with Gasteiger partial charge in [-0.3, -0.25) is 4.79 Å². The van der Waals surface area contributed by atoms with Gasteiger partial charge >= 0.3 is 5.97 Å². The van der Waals surface area contributed by atoms with Gasteiger partial charge in [0.1, 0.15) is 0 Å². The Bertz CT molecular complexity index is 465. The molecule has 0 N–H and O–H groups in total. The molecule has 1 aromatic rings. The van der Waals surface area contributed by atoms with Crippen LogP contribution in [0.3, 0.4) is 0 Å². The van der Waals surface area contributed by atoms with Gasteiger partial charge < -0.3 is 4.74 Å². The predicted molar refractivity (Wildman–Crippen MR) is 79.4 cm³/mol. The van der Waals surface area contributed by atoms with E-state index in [2.05, 4.69) is 45.9 Å². The van der Waals surface area contributed by atoms with E-state index in [9.17, 15) is 4.79 Å². The van der Waals surface area contributed by atoms with Gasteiger partial charge in [0.15, 0.2) is 0 Å². The number of carbonyl (C=O) groups excluding carboxylic acids is 1. The highest BCUT2D eigenvalue weighted by atomic mass is 16.5. The maximum atomic E-state index is 11.8. The van der Waals surface area contributed by atoms with Gasteiger partial charge in [-0.05, 0) is 49.3 Å². The molecule has 1 aromatic carbocycles. The van der Waals surface area contributed by atoms with Crippen molar-refractivity contribution in [3.8, 4) is 0 Å².